The first kappa shape index (κ1) is 12.3. The molecule has 8 heteroatoms. The molecule has 0 spiro atoms. The van der Waals surface area contributed by atoms with E-state index >= 15 is 0 Å². The highest BCUT2D eigenvalue weighted by Gasteiger charge is 2.30. The lowest BCUT2D eigenvalue weighted by Gasteiger charge is -2.06. The fourth-order valence-electron chi connectivity index (χ4n) is 1.91. The fraction of sp³-hybridized carbons (Fsp3) is 0.364. The summed E-state index contributed by atoms with van der Waals surface area (Å²) in [6.07, 6.45) is 0.482. The van der Waals surface area contributed by atoms with Gasteiger partial charge < -0.3 is 0 Å². The summed E-state index contributed by atoms with van der Waals surface area (Å²) in [5.41, 5.74) is -0.0305. The van der Waals surface area contributed by atoms with Crippen molar-refractivity contribution in [1.29, 1.82) is 0 Å². The van der Waals surface area contributed by atoms with Gasteiger partial charge in [0.05, 0.1) is 6.20 Å². The molecule has 0 unspecified atom stereocenters. The number of hydrogen-bond acceptors (Lipinski definition) is 3. The van der Waals surface area contributed by atoms with Crippen LogP contribution in [0.15, 0.2) is 17.1 Å². The summed E-state index contributed by atoms with van der Waals surface area (Å²) in [7, 11) is 0. The molecule has 2 aromatic heterocycles. The Morgan fingerprint density at radius 2 is 2.21 bits per heavy atom. The number of nitrogens with one attached hydrogen (secondary N) is 1. The quantitative estimate of drug-likeness (QED) is 0.942. The molecule has 19 heavy (non-hydrogen) atoms. The molecule has 100 valence electrons. The highest BCUT2D eigenvalue weighted by Crippen LogP contribution is 2.42. The number of aromatic amines is 1. The van der Waals surface area contributed by atoms with Crippen molar-refractivity contribution < 1.29 is 8.78 Å². The zero-order valence-electron chi connectivity index (χ0n) is 9.61. The van der Waals surface area contributed by atoms with Crippen molar-refractivity contribution in [3.8, 4) is 5.69 Å². The zero-order chi connectivity index (χ0) is 13.6. The van der Waals surface area contributed by atoms with Gasteiger partial charge >= 0.3 is 0 Å². The van der Waals surface area contributed by atoms with Crippen molar-refractivity contribution >= 4 is 11.6 Å². The van der Waals surface area contributed by atoms with E-state index in [2.05, 4.69) is 15.3 Å². The van der Waals surface area contributed by atoms with E-state index in [4.69, 9.17) is 11.6 Å². The Hall–Kier alpha value is -1.76. The molecule has 0 radical (unpaired) electrons. The largest absolute Gasteiger partial charge is 0.285 e. The van der Waals surface area contributed by atoms with Crippen LogP contribution in [0.3, 0.4) is 0 Å². The average Bonchev–Trinajstić information content (AvgIpc) is 3.12. The maximum Gasteiger partial charge on any atom is 0.285 e. The zero-order valence-corrected chi connectivity index (χ0v) is 10.4. The van der Waals surface area contributed by atoms with Gasteiger partial charge in [-0.05, 0) is 18.9 Å². The molecule has 3 rings (SSSR count). The van der Waals surface area contributed by atoms with Gasteiger partial charge in [-0.2, -0.15) is 10.2 Å². The van der Waals surface area contributed by atoms with Crippen LogP contribution >= 0.6 is 11.6 Å². The number of nitrogens with zero attached hydrogens (tertiary/aromatic N) is 3. The molecule has 0 aromatic carbocycles. The second kappa shape index (κ2) is 4.41. The second-order valence-electron chi connectivity index (χ2n) is 4.38. The van der Waals surface area contributed by atoms with Crippen LogP contribution in [0.4, 0.5) is 8.78 Å². The van der Waals surface area contributed by atoms with Gasteiger partial charge in [0.1, 0.15) is 16.4 Å². The first-order chi connectivity index (χ1) is 9.08. The molecular weight excluding hydrogens is 278 g/mol. The second-order valence-corrected chi connectivity index (χ2v) is 4.76. The summed E-state index contributed by atoms with van der Waals surface area (Å²) >= 11 is 5.88. The Balaban J connectivity index is 2.18. The normalized spacial score (nSPS) is 15.2. The predicted molar refractivity (Wildman–Crippen MR) is 63.9 cm³/mol. The number of H-pyrrole nitrogens is 1. The van der Waals surface area contributed by atoms with Crippen molar-refractivity contribution in [3.63, 3.8) is 0 Å². The first-order valence-electron chi connectivity index (χ1n) is 5.69. The summed E-state index contributed by atoms with van der Waals surface area (Å²) < 4.78 is 26.8. The van der Waals surface area contributed by atoms with E-state index in [1.807, 2.05) is 0 Å². The van der Waals surface area contributed by atoms with E-state index in [1.165, 1.54) is 16.9 Å². The highest BCUT2D eigenvalue weighted by molar-refractivity contribution is 6.32. The number of alkyl halides is 2. The van der Waals surface area contributed by atoms with Crippen molar-refractivity contribution in [2.45, 2.75) is 25.2 Å². The molecule has 5 nitrogen and oxygen atoms in total. The van der Waals surface area contributed by atoms with Gasteiger partial charge in [0, 0.05) is 11.6 Å². The Kier molecular flexibility index (Phi) is 2.85. The Labute approximate surface area is 111 Å². The first-order valence-corrected chi connectivity index (χ1v) is 6.07. The maximum absolute atomic E-state index is 12.7. The van der Waals surface area contributed by atoms with Gasteiger partial charge in [0.15, 0.2) is 0 Å². The molecule has 1 aliphatic carbocycles. The smallest absolute Gasteiger partial charge is 0.266 e. The Morgan fingerprint density at radius 1 is 1.47 bits per heavy atom. The van der Waals surface area contributed by atoms with Crippen molar-refractivity contribution in [3.05, 3.63) is 39.0 Å². The summed E-state index contributed by atoms with van der Waals surface area (Å²) in [5, 5.41) is 9.53. The molecule has 2 aromatic rings. The van der Waals surface area contributed by atoms with Gasteiger partial charge in [-0.1, -0.05) is 11.6 Å². The van der Waals surface area contributed by atoms with E-state index in [0.717, 1.165) is 12.8 Å². The van der Waals surface area contributed by atoms with Crippen LogP contribution in [0.25, 0.3) is 5.69 Å². The number of rotatable bonds is 3. The molecule has 1 aliphatic rings. The molecule has 1 N–H and O–H groups in total. The predicted octanol–water partition coefficient (Wildman–Crippen LogP) is 2.42. The summed E-state index contributed by atoms with van der Waals surface area (Å²) in [4.78, 5) is 11.4. The van der Waals surface area contributed by atoms with Crippen LogP contribution < -0.4 is 5.56 Å². The molecule has 1 saturated carbocycles. The SMILES string of the molecule is O=c1[nH]ncc(-n2nc(C(F)F)cc2C2CC2)c1Cl. The fourth-order valence-corrected chi connectivity index (χ4v) is 2.08. The van der Waals surface area contributed by atoms with Crippen LogP contribution in [-0.2, 0) is 0 Å². The van der Waals surface area contributed by atoms with E-state index in [9.17, 15) is 13.6 Å². The molecule has 0 aliphatic heterocycles. The molecule has 0 bridgehead atoms. The molecule has 1 fully saturated rings. The van der Waals surface area contributed by atoms with Gasteiger partial charge in [0.25, 0.3) is 12.0 Å². The number of halogens is 3. The molecule has 0 amide bonds. The van der Waals surface area contributed by atoms with Crippen LogP contribution in [0.1, 0.15) is 36.6 Å². The lowest BCUT2D eigenvalue weighted by atomic mass is 10.2. The number of hydrogen-bond donors (Lipinski definition) is 1. The lowest BCUT2D eigenvalue weighted by molar-refractivity contribution is 0.145. The van der Waals surface area contributed by atoms with Gasteiger partial charge in [-0.15, -0.1) is 0 Å². The van der Waals surface area contributed by atoms with Crippen molar-refractivity contribution in [2.24, 2.45) is 0 Å². The van der Waals surface area contributed by atoms with E-state index in [1.54, 1.807) is 0 Å². The Morgan fingerprint density at radius 3 is 2.84 bits per heavy atom. The average molecular weight is 287 g/mol. The van der Waals surface area contributed by atoms with Crippen molar-refractivity contribution in [1.82, 2.24) is 20.0 Å². The monoisotopic (exact) mass is 286 g/mol. The highest BCUT2D eigenvalue weighted by atomic mass is 35.5. The van der Waals surface area contributed by atoms with Gasteiger partial charge in [0.2, 0.25) is 0 Å². The minimum absolute atomic E-state index is 0.110. The third-order valence-electron chi connectivity index (χ3n) is 2.98. The molecule has 2 heterocycles. The third-order valence-corrected chi connectivity index (χ3v) is 3.35. The third kappa shape index (κ3) is 2.14. The minimum atomic E-state index is -2.66. The number of aromatic nitrogens is 4. The maximum atomic E-state index is 12.7. The van der Waals surface area contributed by atoms with E-state index in [0.29, 0.717) is 5.69 Å². The summed E-state index contributed by atoms with van der Waals surface area (Å²) in [6.45, 7) is 0. The van der Waals surface area contributed by atoms with Gasteiger partial charge in [-0.3, -0.25) is 4.79 Å². The van der Waals surface area contributed by atoms with E-state index in [-0.39, 0.29) is 22.3 Å². The molecule has 0 atom stereocenters. The Bertz CT molecular complexity index is 678. The van der Waals surface area contributed by atoms with Gasteiger partial charge in [-0.25, -0.2) is 18.6 Å². The summed E-state index contributed by atoms with van der Waals surface area (Å²) in [5.74, 6) is 0.190. The molecule has 0 saturated heterocycles. The lowest BCUT2D eigenvalue weighted by Crippen LogP contribution is -2.13. The molecular formula is C11H9ClF2N4O. The van der Waals surface area contributed by atoms with Crippen molar-refractivity contribution in [2.75, 3.05) is 0 Å². The van der Waals surface area contributed by atoms with E-state index < -0.39 is 12.0 Å². The standard InChI is InChI=1S/C11H9ClF2N4O/c12-9-8(4-15-16-11(9)19)18-7(5-1-2-5)3-6(17-18)10(13)14/h3-5,10H,1-2H2,(H,16,19). The van der Waals surface area contributed by atoms with Crippen LogP contribution in [0.5, 0.6) is 0 Å². The van der Waals surface area contributed by atoms with Crippen LogP contribution in [-0.4, -0.2) is 20.0 Å². The topological polar surface area (TPSA) is 63.6 Å². The minimum Gasteiger partial charge on any atom is -0.266 e. The van der Waals surface area contributed by atoms with Crippen LogP contribution in [0, 0.1) is 0 Å². The summed E-state index contributed by atoms with van der Waals surface area (Å²) in [6, 6.07) is 1.36. The van der Waals surface area contributed by atoms with Crippen LogP contribution in [0.2, 0.25) is 5.02 Å².